The van der Waals surface area contributed by atoms with Crippen molar-refractivity contribution < 1.29 is 4.79 Å². The van der Waals surface area contributed by atoms with Gasteiger partial charge in [0.15, 0.2) is 0 Å². The fraction of sp³-hybridized carbons (Fsp3) is 0.231. The standard InChI is InChI=1S/C13H13NOS2/c1-2-8-14-12(15)11(17-13(14)16)9-10-6-4-3-5-7-10/h3-7,9H,2,8H2,1H3/b11-9-. The van der Waals surface area contributed by atoms with Gasteiger partial charge in [-0.05, 0) is 18.1 Å². The number of hydrogen-bond donors (Lipinski definition) is 0. The van der Waals surface area contributed by atoms with Crippen LogP contribution in [0.5, 0.6) is 0 Å². The van der Waals surface area contributed by atoms with Crippen LogP contribution in [-0.4, -0.2) is 21.7 Å². The minimum atomic E-state index is 0.0331. The summed E-state index contributed by atoms with van der Waals surface area (Å²) in [5.41, 5.74) is 1.03. The first-order valence-corrected chi connectivity index (χ1v) is 6.75. The van der Waals surface area contributed by atoms with Gasteiger partial charge in [0.25, 0.3) is 5.91 Å². The summed E-state index contributed by atoms with van der Waals surface area (Å²) in [5, 5.41) is 0. The van der Waals surface area contributed by atoms with Gasteiger partial charge in [-0.15, -0.1) is 0 Å². The maximum atomic E-state index is 12.1. The third-order valence-corrected chi connectivity index (χ3v) is 3.80. The Morgan fingerprint density at radius 2 is 2.06 bits per heavy atom. The van der Waals surface area contributed by atoms with Crippen LogP contribution in [0, 0.1) is 0 Å². The summed E-state index contributed by atoms with van der Waals surface area (Å²) in [5.74, 6) is 0.0331. The van der Waals surface area contributed by atoms with E-state index in [2.05, 4.69) is 0 Å². The molecule has 0 spiro atoms. The summed E-state index contributed by atoms with van der Waals surface area (Å²) in [6.45, 7) is 2.75. The second-order valence-electron chi connectivity index (χ2n) is 3.74. The molecule has 1 heterocycles. The number of carbonyl (C=O) groups is 1. The van der Waals surface area contributed by atoms with Crippen molar-refractivity contribution in [2.24, 2.45) is 0 Å². The van der Waals surface area contributed by atoms with Crippen molar-refractivity contribution in [2.75, 3.05) is 6.54 Å². The van der Waals surface area contributed by atoms with Crippen molar-refractivity contribution in [2.45, 2.75) is 13.3 Å². The zero-order valence-electron chi connectivity index (χ0n) is 9.55. The van der Waals surface area contributed by atoms with Crippen LogP contribution in [0.1, 0.15) is 18.9 Å². The zero-order valence-corrected chi connectivity index (χ0v) is 11.2. The molecule has 1 aromatic rings. The Hall–Kier alpha value is -1.13. The first-order chi connectivity index (χ1) is 8.22. The molecule has 1 aliphatic heterocycles. The predicted octanol–water partition coefficient (Wildman–Crippen LogP) is 3.30. The summed E-state index contributed by atoms with van der Waals surface area (Å²) < 4.78 is 0.666. The minimum absolute atomic E-state index is 0.0331. The van der Waals surface area contributed by atoms with Crippen LogP contribution < -0.4 is 0 Å². The summed E-state index contributed by atoms with van der Waals surface area (Å²) in [7, 11) is 0. The Balaban J connectivity index is 2.22. The van der Waals surface area contributed by atoms with E-state index in [9.17, 15) is 4.79 Å². The molecule has 0 aromatic heterocycles. The van der Waals surface area contributed by atoms with Gasteiger partial charge in [0.1, 0.15) is 4.32 Å². The highest BCUT2D eigenvalue weighted by Crippen LogP contribution is 2.32. The lowest BCUT2D eigenvalue weighted by molar-refractivity contribution is -0.122. The molecule has 0 saturated carbocycles. The number of carbonyl (C=O) groups excluding carboxylic acids is 1. The van der Waals surface area contributed by atoms with Gasteiger partial charge in [0.2, 0.25) is 0 Å². The highest BCUT2D eigenvalue weighted by Gasteiger charge is 2.30. The molecule has 88 valence electrons. The zero-order chi connectivity index (χ0) is 12.3. The van der Waals surface area contributed by atoms with Gasteiger partial charge in [-0.2, -0.15) is 0 Å². The number of rotatable bonds is 3. The first kappa shape index (κ1) is 12.3. The monoisotopic (exact) mass is 263 g/mol. The molecule has 2 rings (SSSR count). The summed E-state index contributed by atoms with van der Waals surface area (Å²) in [6.07, 6.45) is 2.82. The van der Waals surface area contributed by atoms with Crippen LogP contribution in [0.25, 0.3) is 6.08 Å². The van der Waals surface area contributed by atoms with Crippen LogP contribution >= 0.6 is 24.0 Å². The maximum absolute atomic E-state index is 12.1. The predicted molar refractivity (Wildman–Crippen MR) is 76.6 cm³/mol. The van der Waals surface area contributed by atoms with E-state index in [-0.39, 0.29) is 5.91 Å². The topological polar surface area (TPSA) is 20.3 Å². The fourth-order valence-electron chi connectivity index (χ4n) is 1.62. The second-order valence-corrected chi connectivity index (χ2v) is 5.42. The van der Waals surface area contributed by atoms with Crippen molar-refractivity contribution in [3.05, 3.63) is 40.8 Å². The molecule has 1 saturated heterocycles. The highest BCUT2D eigenvalue weighted by molar-refractivity contribution is 8.26. The Bertz CT molecular complexity index is 468. The molecule has 1 amide bonds. The smallest absolute Gasteiger partial charge is 0.266 e. The lowest BCUT2D eigenvalue weighted by Crippen LogP contribution is -2.28. The number of amides is 1. The Kier molecular flexibility index (Phi) is 3.97. The summed E-state index contributed by atoms with van der Waals surface area (Å²) >= 11 is 6.59. The Morgan fingerprint density at radius 1 is 1.35 bits per heavy atom. The van der Waals surface area contributed by atoms with E-state index >= 15 is 0 Å². The van der Waals surface area contributed by atoms with Crippen molar-refractivity contribution in [3.63, 3.8) is 0 Å². The van der Waals surface area contributed by atoms with Crippen LogP contribution in [0.4, 0.5) is 0 Å². The van der Waals surface area contributed by atoms with Crippen molar-refractivity contribution in [1.29, 1.82) is 0 Å². The number of benzene rings is 1. The largest absolute Gasteiger partial charge is 0.293 e. The second kappa shape index (κ2) is 5.47. The van der Waals surface area contributed by atoms with E-state index in [0.717, 1.165) is 16.9 Å². The normalized spacial score (nSPS) is 18.2. The molecule has 0 bridgehead atoms. The fourth-order valence-corrected chi connectivity index (χ4v) is 2.93. The average Bonchev–Trinajstić information content (AvgIpc) is 2.59. The van der Waals surface area contributed by atoms with Crippen LogP contribution in [0.15, 0.2) is 35.2 Å². The number of thioether (sulfide) groups is 1. The Morgan fingerprint density at radius 3 is 2.71 bits per heavy atom. The van der Waals surface area contributed by atoms with Gasteiger partial charge in [0, 0.05) is 6.54 Å². The quantitative estimate of drug-likeness (QED) is 0.616. The average molecular weight is 263 g/mol. The molecule has 0 atom stereocenters. The minimum Gasteiger partial charge on any atom is -0.293 e. The van der Waals surface area contributed by atoms with E-state index in [1.165, 1.54) is 11.8 Å². The van der Waals surface area contributed by atoms with E-state index in [0.29, 0.717) is 10.9 Å². The lowest BCUT2D eigenvalue weighted by Gasteiger charge is -2.11. The summed E-state index contributed by atoms with van der Waals surface area (Å²) in [4.78, 5) is 14.5. The first-order valence-electron chi connectivity index (χ1n) is 5.53. The molecule has 17 heavy (non-hydrogen) atoms. The van der Waals surface area contributed by atoms with Crippen LogP contribution in [0.2, 0.25) is 0 Å². The molecule has 0 unspecified atom stereocenters. The SMILES string of the molecule is CCCN1C(=O)/C(=C/c2ccccc2)SC1=S. The van der Waals surface area contributed by atoms with Gasteiger partial charge < -0.3 is 0 Å². The van der Waals surface area contributed by atoms with Gasteiger partial charge in [-0.25, -0.2) is 0 Å². The Labute approximate surface area is 111 Å². The molecule has 0 radical (unpaired) electrons. The van der Waals surface area contributed by atoms with Crippen molar-refractivity contribution in [1.82, 2.24) is 4.90 Å². The van der Waals surface area contributed by atoms with E-state index in [4.69, 9.17) is 12.2 Å². The third-order valence-electron chi connectivity index (χ3n) is 2.42. The van der Waals surface area contributed by atoms with Crippen molar-refractivity contribution >= 4 is 40.3 Å². The summed E-state index contributed by atoms with van der Waals surface area (Å²) in [6, 6.07) is 9.83. The molecule has 0 N–H and O–H groups in total. The van der Waals surface area contributed by atoms with Gasteiger partial charge >= 0.3 is 0 Å². The molecular formula is C13H13NOS2. The van der Waals surface area contributed by atoms with Crippen LogP contribution in [0.3, 0.4) is 0 Å². The molecular weight excluding hydrogens is 250 g/mol. The third kappa shape index (κ3) is 2.76. The molecule has 1 fully saturated rings. The van der Waals surface area contributed by atoms with E-state index in [1.54, 1.807) is 4.90 Å². The highest BCUT2D eigenvalue weighted by atomic mass is 32.2. The van der Waals surface area contributed by atoms with Crippen molar-refractivity contribution in [3.8, 4) is 0 Å². The lowest BCUT2D eigenvalue weighted by atomic mass is 10.2. The van der Waals surface area contributed by atoms with Gasteiger partial charge in [-0.3, -0.25) is 9.69 Å². The van der Waals surface area contributed by atoms with Gasteiger partial charge in [0.05, 0.1) is 4.91 Å². The molecule has 1 aliphatic rings. The number of thiocarbonyl (C=S) groups is 1. The van der Waals surface area contributed by atoms with E-state index < -0.39 is 0 Å². The molecule has 0 aliphatic carbocycles. The van der Waals surface area contributed by atoms with Gasteiger partial charge in [-0.1, -0.05) is 61.2 Å². The molecule has 1 aromatic carbocycles. The molecule has 4 heteroatoms. The van der Waals surface area contributed by atoms with Crippen LogP contribution in [-0.2, 0) is 4.79 Å². The maximum Gasteiger partial charge on any atom is 0.266 e. The number of hydrogen-bond acceptors (Lipinski definition) is 3. The van der Waals surface area contributed by atoms with E-state index in [1.807, 2.05) is 43.3 Å². The number of nitrogens with zero attached hydrogens (tertiary/aromatic N) is 1. The molecule has 2 nitrogen and oxygen atoms in total.